The number of carbonyl (C=O) groups excluding carboxylic acids is 1. The lowest BCUT2D eigenvalue weighted by Crippen LogP contribution is -2.20. The maximum Gasteiger partial charge on any atom is 0.417 e. The fourth-order valence-electron chi connectivity index (χ4n) is 4.75. The first-order valence-electron chi connectivity index (χ1n) is 14.3. The molecule has 6 rings (SSSR count). The first-order valence-corrected chi connectivity index (χ1v) is 16.0. The minimum atomic E-state index is -4.70. The number of aromatic nitrogens is 3. The zero-order valence-electron chi connectivity index (χ0n) is 24.2. The standard InChI is InChI=1S/C33H26F3N7OS2/c34-33(35,36)26-16-8-7-15-25(26)29(44)37-28-21-22(43-19-9-10-20-43)17-18-27(28)41-42-30-38-31(45-23-11-3-1-4-12-23)40-32(39-30)46-24-13-5-2-6-14-24/h1-8,11-18,21H,9-10,19-20H2,(H,37,44). The molecule has 1 saturated heterocycles. The monoisotopic (exact) mass is 657 g/mol. The van der Waals surface area contributed by atoms with Crippen molar-refractivity contribution in [2.45, 2.75) is 39.1 Å². The zero-order chi connectivity index (χ0) is 31.9. The number of anilines is 2. The third-order valence-electron chi connectivity index (χ3n) is 6.91. The summed E-state index contributed by atoms with van der Waals surface area (Å²) in [7, 11) is 0. The van der Waals surface area contributed by atoms with Crippen LogP contribution in [-0.4, -0.2) is 33.9 Å². The van der Waals surface area contributed by atoms with Crippen molar-refractivity contribution in [3.63, 3.8) is 0 Å². The van der Waals surface area contributed by atoms with E-state index in [-0.39, 0.29) is 17.3 Å². The molecular formula is C33H26F3N7OS2. The Labute approximate surface area is 271 Å². The van der Waals surface area contributed by atoms with Crippen molar-refractivity contribution in [1.29, 1.82) is 0 Å². The van der Waals surface area contributed by atoms with Crippen LogP contribution in [-0.2, 0) is 6.18 Å². The van der Waals surface area contributed by atoms with Crippen molar-refractivity contribution >= 4 is 52.4 Å². The molecule has 0 aliphatic carbocycles. The lowest BCUT2D eigenvalue weighted by atomic mass is 10.1. The van der Waals surface area contributed by atoms with E-state index in [1.807, 2.05) is 66.7 Å². The van der Waals surface area contributed by atoms with E-state index in [2.05, 4.69) is 35.4 Å². The van der Waals surface area contributed by atoms with Crippen LogP contribution < -0.4 is 10.2 Å². The Bertz CT molecular complexity index is 1790. The average Bonchev–Trinajstić information content (AvgIpc) is 3.60. The van der Waals surface area contributed by atoms with Crippen LogP contribution in [0.15, 0.2) is 133 Å². The van der Waals surface area contributed by atoms with Crippen molar-refractivity contribution in [3.05, 3.63) is 114 Å². The Balaban J connectivity index is 1.34. The van der Waals surface area contributed by atoms with Crippen LogP contribution >= 0.6 is 23.5 Å². The Morgan fingerprint density at radius 1 is 0.739 bits per heavy atom. The molecule has 13 heteroatoms. The van der Waals surface area contributed by atoms with Gasteiger partial charge in [0, 0.05) is 28.6 Å². The van der Waals surface area contributed by atoms with E-state index in [9.17, 15) is 18.0 Å². The summed E-state index contributed by atoms with van der Waals surface area (Å²) in [5.41, 5.74) is -0.257. The second-order valence-electron chi connectivity index (χ2n) is 10.1. The van der Waals surface area contributed by atoms with Gasteiger partial charge in [-0.1, -0.05) is 48.5 Å². The maximum atomic E-state index is 13.7. The topological polar surface area (TPSA) is 95.7 Å². The van der Waals surface area contributed by atoms with Gasteiger partial charge in [0.05, 0.1) is 16.8 Å². The highest BCUT2D eigenvalue weighted by Gasteiger charge is 2.35. The van der Waals surface area contributed by atoms with Gasteiger partial charge >= 0.3 is 6.18 Å². The highest BCUT2D eigenvalue weighted by molar-refractivity contribution is 7.99. The molecule has 1 amide bonds. The molecule has 0 spiro atoms. The number of benzene rings is 4. The molecule has 0 saturated carbocycles. The van der Waals surface area contributed by atoms with Crippen molar-refractivity contribution in [1.82, 2.24) is 15.0 Å². The largest absolute Gasteiger partial charge is 0.417 e. The van der Waals surface area contributed by atoms with Crippen LogP contribution in [0.4, 0.5) is 36.2 Å². The second kappa shape index (κ2) is 14.1. The fourth-order valence-corrected chi connectivity index (χ4v) is 6.34. The summed E-state index contributed by atoms with van der Waals surface area (Å²) in [6, 6.07) is 29.1. The van der Waals surface area contributed by atoms with Gasteiger partial charge in [-0.2, -0.15) is 28.1 Å². The molecule has 4 aromatic carbocycles. The molecule has 0 radical (unpaired) electrons. The highest BCUT2D eigenvalue weighted by atomic mass is 32.2. The fraction of sp³-hybridized carbons (Fsp3) is 0.152. The van der Waals surface area contributed by atoms with Gasteiger partial charge in [-0.3, -0.25) is 4.79 Å². The van der Waals surface area contributed by atoms with Crippen molar-refractivity contribution in [2.24, 2.45) is 10.2 Å². The number of carbonyl (C=O) groups is 1. The molecule has 1 aliphatic heterocycles. The summed E-state index contributed by atoms with van der Waals surface area (Å²) in [5.74, 6) is -0.874. The third-order valence-corrected chi connectivity index (χ3v) is 8.66. The number of amides is 1. The quantitative estimate of drug-likeness (QED) is 0.158. The van der Waals surface area contributed by atoms with E-state index in [4.69, 9.17) is 0 Å². The summed E-state index contributed by atoms with van der Waals surface area (Å²) in [6.45, 7) is 1.67. The number of halogens is 3. The molecule has 0 unspecified atom stereocenters. The predicted molar refractivity (Wildman–Crippen MR) is 172 cm³/mol. The number of alkyl halides is 3. The number of hydrogen-bond acceptors (Lipinski definition) is 9. The number of azo groups is 1. The predicted octanol–water partition coefficient (Wildman–Crippen LogP) is 9.46. The summed E-state index contributed by atoms with van der Waals surface area (Å²) in [6.07, 6.45) is -2.65. The Kier molecular flexibility index (Phi) is 9.60. The molecule has 8 nitrogen and oxygen atoms in total. The minimum absolute atomic E-state index is 0.0372. The maximum absolute atomic E-state index is 13.7. The second-order valence-corrected chi connectivity index (χ2v) is 12.2. The van der Waals surface area contributed by atoms with E-state index >= 15 is 0 Å². The van der Waals surface area contributed by atoms with Gasteiger partial charge in [0.2, 0.25) is 0 Å². The molecule has 0 atom stereocenters. The van der Waals surface area contributed by atoms with Crippen LogP contribution in [0, 0.1) is 0 Å². The molecular weight excluding hydrogens is 632 g/mol. The Morgan fingerprint density at radius 2 is 1.33 bits per heavy atom. The number of nitrogens with zero attached hydrogens (tertiary/aromatic N) is 6. The summed E-state index contributed by atoms with van der Waals surface area (Å²) in [4.78, 5) is 30.8. The first kappa shape index (κ1) is 31.2. The summed E-state index contributed by atoms with van der Waals surface area (Å²) < 4.78 is 41.1. The molecule has 0 bridgehead atoms. The zero-order valence-corrected chi connectivity index (χ0v) is 25.8. The van der Waals surface area contributed by atoms with Crippen LogP contribution in [0.25, 0.3) is 0 Å². The van der Waals surface area contributed by atoms with Crippen molar-refractivity contribution in [3.8, 4) is 0 Å². The molecule has 2 heterocycles. The molecule has 232 valence electrons. The molecule has 1 fully saturated rings. The van der Waals surface area contributed by atoms with E-state index < -0.39 is 23.2 Å². The number of rotatable bonds is 9. The Morgan fingerprint density at radius 3 is 1.93 bits per heavy atom. The van der Waals surface area contributed by atoms with Crippen LogP contribution in [0.3, 0.4) is 0 Å². The summed E-state index contributed by atoms with van der Waals surface area (Å²) >= 11 is 2.69. The smallest absolute Gasteiger partial charge is 0.371 e. The molecule has 46 heavy (non-hydrogen) atoms. The van der Waals surface area contributed by atoms with Gasteiger partial charge in [-0.05, 0) is 91.0 Å². The van der Waals surface area contributed by atoms with Gasteiger partial charge in [-0.15, -0.1) is 10.2 Å². The first-order chi connectivity index (χ1) is 22.3. The SMILES string of the molecule is O=C(Nc1cc(N2CCCC2)ccc1N=Nc1nc(Sc2ccccc2)nc(Sc2ccccc2)n1)c1ccccc1C(F)(F)F. The minimum Gasteiger partial charge on any atom is -0.371 e. The summed E-state index contributed by atoms with van der Waals surface area (Å²) in [5, 5.41) is 12.1. The number of hydrogen-bond donors (Lipinski definition) is 1. The van der Waals surface area contributed by atoms with Gasteiger partial charge in [0.25, 0.3) is 11.9 Å². The average molecular weight is 658 g/mol. The third kappa shape index (κ3) is 7.90. The van der Waals surface area contributed by atoms with E-state index in [1.54, 1.807) is 12.1 Å². The number of nitrogens with one attached hydrogen (secondary N) is 1. The highest BCUT2D eigenvalue weighted by Crippen LogP contribution is 2.36. The molecule has 1 aromatic heterocycles. The van der Waals surface area contributed by atoms with Gasteiger partial charge in [0.1, 0.15) is 5.69 Å². The van der Waals surface area contributed by atoms with Crippen molar-refractivity contribution in [2.75, 3.05) is 23.3 Å². The van der Waals surface area contributed by atoms with Gasteiger partial charge < -0.3 is 10.2 Å². The van der Waals surface area contributed by atoms with Crippen LogP contribution in [0.5, 0.6) is 0 Å². The molecule has 1 N–H and O–H groups in total. The molecule has 5 aromatic rings. The lowest BCUT2D eigenvalue weighted by molar-refractivity contribution is -0.137. The van der Waals surface area contributed by atoms with Crippen LogP contribution in [0.1, 0.15) is 28.8 Å². The van der Waals surface area contributed by atoms with Gasteiger partial charge in [-0.25, -0.2) is 0 Å². The van der Waals surface area contributed by atoms with E-state index in [0.717, 1.165) is 53.5 Å². The lowest BCUT2D eigenvalue weighted by Gasteiger charge is -2.19. The van der Waals surface area contributed by atoms with Crippen LogP contribution in [0.2, 0.25) is 0 Å². The van der Waals surface area contributed by atoms with Gasteiger partial charge in [0.15, 0.2) is 10.3 Å². The van der Waals surface area contributed by atoms with E-state index in [1.165, 1.54) is 35.7 Å². The normalized spacial score (nSPS) is 13.3. The van der Waals surface area contributed by atoms with Crippen molar-refractivity contribution < 1.29 is 18.0 Å². The van der Waals surface area contributed by atoms with E-state index in [0.29, 0.717) is 10.3 Å². The molecule has 1 aliphatic rings. The Hall–Kier alpha value is -4.75.